The molecule has 21 heavy (non-hydrogen) atoms. The molecule has 4 nitrogen and oxygen atoms in total. The first kappa shape index (κ1) is 13.6. The fraction of sp³-hybridized carbons (Fsp3) is 0.0667. The van der Waals surface area contributed by atoms with Crippen LogP contribution in [0, 0.1) is 5.82 Å². The normalized spacial score (nSPS) is 10.6. The summed E-state index contributed by atoms with van der Waals surface area (Å²) in [4.78, 5) is 0. The lowest BCUT2D eigenvalue weighted by Gasteiger charge is -2.06. The van der Waals surface area contributed by atoms with E-state index in [4.69, 9.17) is 16.0 Å². The molecule has 0 amide bonds. The van der Waals surface area contributed by atoms with Gasteiger partial charge in [-0.15, -0.1) is 10.2 Å². The van der Waals surface area contributed by atoms with E-state index in [-0.39, 0.29) is 12.2 Å². The fourth-order valence-electron chi connectivity index (χ4n) is 1.85. The minimum atomic E-state index is -0.426. The van der Waals surface area contributed by atoms with E-state index in [2.05, 4.69) is 15.5 Å². The third kappa shape index (κ3) is 3.03. The summed E-state index contributed by atoms with van der Waals surface area (Å²) in [6.45, 7) is 0.195. The minimum absolute atomic E-state index is 0.195. The number of hydrogen-bond donors (Lipinski definition) is 1. The molecule has 0 spiro atoms. The van der Waals surface area contributed by atoms with Crippen LogP contribution < -0.4 is 5.32 Å². The van der Waals surface area contributed by atoms with Crippen LogP contribution in [-0.4, -0.2) is 10.2 Å². The third-order valence-corrected chi connectivity index (χ3v) is 3.18. The lowest BCUT2D eigenvalue weighted by atomic mass is 10.2. The molecule has 0 unspecified atom stereocenters. The first-order valence-corrected chi connectivity index (χ1v) is 6.67. The Bertz CT molecular complexity index is 725. The molecule has 3 rings (SSSR count). The SMILES string of the molecule is Fc1cccc(Cl)c1NCc1nnc(-c2ccccc2)o1. The quantitative estimate of drug-likeness (QED) is 0.787. The van der Waals surface area contributed by atoms with Crippen LogP contribution in [0.5, 0.6) is 0 Å². The average Bonchev–Trinajstić information content (AvgIpc) is 2.97. The van der Waals surface area contributed by atoms with Crippen molar-refractivity contribution in [3.05, 3.63) is 65.3 Å². The lowest BCUT2D eigenvalue weighted by Crippen LogP contribution is -2.02. The van der Waals surface area contributed by atoms with Crippen LogP contribution in [0.4, 0.5) is 10.1 Å². The summed E-state index contributed by atoms with van der Waals surface area (Å²) < 4.78 is 19.1. The second-order valence-corrected chi connectivity index (χ2v) is 4.72. The van der Waals surface area contributed by atoms with Crippen molar-refractivity contribution in [2.75, 3.05) is 5.32 Å². The van der Waals surface area contributed by atoms with Crippen LogP contribution in [0.3, 0.4) is 0 Å². The van der Waals surface area contributed by atoms with Crippen LogP contribution >= 0.6 is 11.6 Å². The molecule has 3 aromatic rings. The molecule has 0 saturated carbocycles. The second-order valence-electron chi connectivity index (χ2n) is 4.32. The summed E-state index contributed by atoms with van der Waals surface area (Å²) in [5.74, 6) is 0.352. The Kier molecular flexibility index (Phi) is 3.83. The van der Waals surface area contributed by atoms with Gasteiger partial charge in [0.2, 0.25) is 11.8 Å². The molecule has 1 aromatic heterocycles. The monoisotopic (exact) mass is 303 g/mol. The molecule has 0 atom stereocenters. The highest BCUT2D eigenvalue weighted by molar-refractivity contribution is 6.33. The molecular weight excluding hydrogens is 293 g/mol. The Hall–Kier alpha value is -2.40. The van der Waals surface area contributed by atoms with Gasteiger partial charge in [0.05, 0.1) is 17.3 Å². The summed E-state index contributed by atoms with van der Waals surface area (Å²) >= 11 is 5.93. The van der Waals surface area contributed by atoms with Crippen LogP contribution in [0.1, 0.15) is 5.89 Å². The van der Waals surface area contributed by atoms with Gasteiger partial charge in [0.1, 0.15) is 5.82 Å². The Morgan fingerprint density at radius 2 is 1.86 bits per heavy atom. The Morgan fingerprint density at radius 1 is 1.05 bits per heavy atom. The lowest BCUT2D eigenvalue weighted by molar-refractivity contribution is 0.514. The second kappa shape index (κ2) is 5.93. The maximum Gasteiger partial charge on any atom is 0.247 e. The molecule has 1 heterocycles. The maximum absolute atomic E-state index is 13.6. The summed E-state index contributed by atoms with van der Waals surface area (Å²) in [6, 6.07) is 13.9. The zero-order valence-corrected chi connectivity index (χ0v) is 11.6. The van der Waals surface area contributed by atoms with Gasteiger partial charge in [0.15, 0.2) is 0 Å². The van der Waals surface area contributed by atoms with Crippen molar-refractivity contribution >= 4 is 17.3 Å². The number of anilines is 1. The first-order valence-electron chi connectivity index (χ1n) is 6.30. The highest BCUT2D eigenvalue weighted by Gasteiger charge is 2.10. The standard InChI is InChI=1S/C15H11ClFN3O/c16-11-7-4-8-12(17)14(11)18-9-13-19-20-15(21-13)10-5-2-1-3-6-10/h1-8,18H,9H2. The molecule has 1 N–H and O–H groups in total. The number of hydrogen-bond acceptors (Lipinski definition) is 4. The molecule has 6 heteroatoms. The van der Waals surface area contributed by atoms with Crippen molar-refractivity contribution in [1.29, 1.82) is 0 Å². The van der Waals surface area contributed by atoms with E-state index >= 15 is 0 Å². The molecule has 2 aromatic carbocycles. The van der Waals surface area contributed by atoms with Gasteiger partial charge in [-0.2, -0.15) is 0 Å². The van der Waals surface area contributed by atoms with Gasteiger partial charge >= 0.3 is 0 Å². The average molecular weight is 304 g/mol. The van der Waals surface area contributed by atoms with Crippen molar-refractivity contribution in [3.8, 4) is 11.5 Å². The molecule has 0 radical (unpaired) electrons. The van der Waals surface area contributed by atoms with Gasteiger partial charge in [-0.05, 0) is 24.3 Å². The van der Waals surface area contributed by atoms with Crippen molar-refractivity contribution in [3.63, 3.8) is 0 Å². The first-order chi connectivity index (χ1) is 10.2. The summed E-state index contributed by atoms with van der Waals surface area (Å²) in [6.07, 6.45) is 0. The molecule has 0 saturated heterocycles. The van der Waals surface area contributed by atoms with E-state index in [0.29, 0.717) is 16.8 Å². The highest BCUT2D eigenvalue weighted by atomic mass is 35.5. The largest absolute Gasteiger partial charge is 0.419 e. The number of halogens is 2. The van der Waals surface area contributed by atoms with Crippen molar-refractivity contribution in [2.24, 2.45) is 0 Å². The molecule has 0 aliphatic rings. The number of benzene rings is 2. The fourth-order valence-corrected chi connectivity index (χ4v) is 2.08. The number of nitrogens with zero attached hydrogens (tertiary/aromatic N) is 2. The van der Waals surface area contributed by atoms with Gasteiger partial charge in [-0.25, -0.2) is 4.39 Å². The molecular formula is C15H11ClFN3O. The van der Waals surface area contributed by atoms with Crippen molar-refractivity contribution in [1.82, 2.24) is 10.2 Å². The third-order valence-electron chi connectivity index (χ3n) is 2.87. The van der Waals surface area contributed by atoms with Crippen LogP contribution in [0.25, 0.3) is 11.5 Å². The zero-order chi connectivity index (χ0) is 14.7. The number of nitrogens with one attached hydrogen (secondary N) is 1. The number of rotatable bonds is 4. The maximum atomic E-state index is 13.6. The minimum Gasteiger partial charge on any atom is -0.419 e. The van der Waals surface area contributed by atoms with E-state index in [0.717, 1.165) is 5.56 Å². The Labute approximate surface area is 125 Å². The van der Waals surface area contributed by atoms with Crippen LogP contribution in [-0.2, 0) is 6.54 Å². The summed E-state index contributed by atoms with van der Waals surface area (Å²) in [5.41, 5.74) is 1.05. The Balaban J connectivity index is 1.74. The van der Waals surface area contributed by atoms with Crippen LogP contribution in [0.2, 0.25) is 5.02 Å². The zero-order valence-electron chi connectivity index (χ0n) is 10.9. The van der Waals surface area contributed by atoms with Gasteiger partial charge in [-0.3, -0.25) is 0 Å². The van der Waals surface area contributed by atoms with Crippen LogP contribution in [0.15, 0.2) is 52.9 Å². The van der Waals surface area contributed by atoms with E-state index in [1.807, 2.05) is 30.3 Å². The van der Waals surface area contributed by atoms with Gasteiger partial charge in [0.25, 0.3) is 0 Å². The predicted molar refractivity (Wildman–Crippen MR) is 78.5 cm³/mol. The number of aromatic nitrogens is 2. The molecule has 0 bridgehead atoms. The van der Waals surface area contributed by atoms with Crippen molar-refractivity contribution in [2.45, 2.75) is 6.54 Å². The number of para-hydroxylation sites is 1. The molecule has 0 fully saturated rings. The van der Waals surface area contributed by atoms with Gasteiger partial charge in [-0.1, -0.05) is 35.9 Å². The van der Waals surface area contributed by atoms with E-state index in [1.165, 1.54) is 6.07 Å². The van der Waals surface area contributed by atoms with E-state index in [9.17, 15) is 4.39 Å². The van der Waals surface area contributed by atoms with Gasteiger partial charge in [0, 0.05) is 5.56 Å². The van der Waals surface area contributed by atoms with Gasteiger partial charge < -0.3 is 9.73 Å². The molecule has 106 valence electrons. The van der Waals surface area contributed by atoms with E-state index in [1.54, 1.807) is 12.1 Å². The predicted octanol–water partition coefficient (Wildman–Crippen LogP) is 4.14. The summed E-state index contributed by atoms with van der Waals surface area (Å²) in [7, 11) is 0. The topological polar surface area (TPSA) is 51.0 Å². The Morgan fingerprint density at radius 3 is 2.62 bits per heavy atom. The van der Waals surface area contributed by atoms with Crippen molar-refractivity contribution < 1.29 is 8.81 Å². The summed E-state index contributed by atoms with van der Waals surface area (Å²) in [5, 5.41) is 11.0. The highest BCUT2D eigenvalue weighted by Crippen LogP contribution is 2.25. The molecule has 0 aliphatic carbocycles. The smallest absolute Gasteiger partial charge is 0.247 e. The molecule has 0 aliphatic heterocycles. The van der Waals surface area contributed by atoms with E-state index < -0.39 is 5.82 Å².